The molecule has 2 rings (SSSR count). The predicted octanol–water partition coefficient (Wildman–Crippen LogP) is 4.94. The normalized spacial score (nSPS) is 26.7. The van der Waals surface area contributed by atoms with E-state index >= 15 is 0 Å². The van der Waals surface area contributed by atoms with Crippen molar-refractivity contribution in [2.45, 2.75) is 45.1 Å². The van der Waals surface area contributed by atoms with Crippen molar-refractivity contribution >= 4 is 15.9 Å². The van der Waals surface area contributed by atoms with Crippen molar-refractivity contribution in [2.24, 2.45) is 11.8 Å². The second-order valence-electron chi connectivity index (χ2n) is 5.32. The zero-order valence-corrected chi connectivity index (χ0v) is 12.9. The van der Waals surface area contributed by atoms with Gasteiger partial charge in [-0.2, -0.15) is 5.26 Å². The van der Waals surface area contributed by atoms with Gasteiger partial charge in [-0.3, -0.25) is 0 Å². The van der Waals surface area contributed by atoms with E-state index in [9.17, 15) is 5.26 Å². The van der Waals surface area contributed by atoms with Gasteiger partial charge >= 0.3 is 0 Å². The Kier molecular flexibility index (Phi) is 5.27. The van der Waals surface area contributed by atoms with Crippen LogP contribution in [0.5, 0.6) is 5.75 Å². The fourth-order valence-electron chi connectivity index (χ4n) is 2.88. The summed E-state index contributed by atoms with van der Waals surface area (Å²) in [4.78, 5) is 0. The van der Waals surface area contributed by atoms with Crippen LogP contribution in [0.4, 0.5) is 0 Å². The molecule has 19 heavy (non-hydrogen) atoms. The van der Waals surface area contributed by atoms with E-state index in [1.54, 1.807) is 0 Å². The van der Waals surface area contributed by atoms with Gasteiger partial charge in [0, 0.05) is 4.47 Å². The van der Waals surface area contributed by atoms with Gasteiger partial charge in [-0.05, 0) is 43.4 Å². The Balaban J connectivity index is 2.04. The average Bonchev–Trinajstić information content (AvgIpc) is 2.39. The van der Waals surface area contributed by atoms with Gasteiger partial charge in [0.2, 0.25) is 0 Å². The van der Waals surface area contributed by atoms with Crippen LogP contribution in [0.25, 0.3) is 0 Å². The lowest BCUT2D eigenvalue weighted by atomic mass is 9.78. The van der Waals surface area contributed by atoms with E-state index in [4.69, 9.17) is 4.74 Å². The molecule has 0 amide bonds. The summed E-state index contributed by atoms with van der Waals surface area (Å²) < 4.78 is 7.08. The van der Waals surface area contributed by atoms with E-state index < -0.39 is 0 Å². The molecule has 3 heteroatoms. The minimum Gasteiger partial charge on any atom is -0.489 e. The molecule has 0 heterocycles. The van der Waals surface area contributed by atoms with Crippen LogP contribution >= 0.6 is 15.9 Å². The summed E-state index contributed by atoms with van der Waals surface area (Å²) in [5.74, 6) is 1.61. The van der Waals surface area contributed by atoms with Gasteiger partial charge in [0.15, 0.2) is 0 Å². The highest BCUT2D eigenvalue weighted by Crippen LogP contribution is 2.34. The fourth-order valence-corrected chi connectivity index (χ4v) is 3.25. The smallest absolute Gasteiger partial charge is 0.120 e. The summed E-state index contributed by atoms with van der Waals surface area (Å²) in [6, 6.07) is 10.3. The zero-order chi connectivity index (χ0) is 13.7. The van der Waals surface area contributed by atoms with E-state index in [-0.39, 0.29) is 12.0 Å². The highest BCUT2D eigenvalue weighted by atomic mass is 79.9. The third-order valence-electron chi connectivity index (χ3n) is 3.85. The molecule has 1 aliphatic rings. The first kappa shape index (κ1) is 14.4. The van der Waals surface area contributed by atoms with Crippen molar-refractivity contribution in [2.75, 3.05) is 0 Å². The molecule has 1 aromatic rings. The summed E-state index contributed by atoms with van der Waals surface area (Å²) in [7, 11) is 0. The zero-order valence-electron chi connectivity index (χ0n) is 11.3. The second-order valence-corrected chi connectivity index (χ2v) is 6.23. The number of nitriles is 1. The molecule has 1 saturated carbocycles. The van der Waals surface area contributed by atoms with E-state index in [1.165, 1.54) is 19.3 Å². The average molecular weight is 322 g/mol. The molecule has 0 saturated heterocycles. The molecule has 0 N–H and O–H groups in total. The molecule has 0 radical (unpaired) electrons. The summed E-state index contributed by atoms with van der Waals surface area (Å²) in [5.41, 5.74) is 0. The molecule has 0 bridgehead atoms. The molecule has 0 aromatic heterocycles. The van der Waals surface area contributed by atoms with Crippen molar-refractivity contribution in [3.63, 3.8) is 0 Å². The molecule has 0 spiro atoms. The van der Waals surface area contributed by atoms with Crippen LogP contribution < -0.4 is 4.74 Å². The Morgan fingerprint density at radius 3 is 2.95 bits per heavy atom. The Morgan fingerprint density at radius 2 is 2.26 bits per heavy atom. The molecule has 1 fully saturated rings. The maximum atomic E-state index is 9.27. The Hall–Kier alpha value is -1.01. The SMILES string of the molecule is CCCC1CCC(C#N)C(Oc2cccc(Br)c2)C1. The topological polar surface area (TPSA) is 33.0 Å². The van der Waals surface area contributed by atoms with Crippen LogP contribution in [0.2, 0.25) is 0 Å². The summed E-state index contributed by atoms with van der Waals surface area (Å²) in [6.07, 6.45) is 5.66. The lowest BCUT2D eigenvalue weighted by molar-refractivity contribution is 0.0875. The largest absolute Gasteiger partial charge is 0.489 e. The Morgan fingerprint density at radius 1 is 1.42 bits per heavy atom. The molecule has 3 atom stereocenters. The minimum absolute atomic E-state index is 0.0343. The molecule has 2 nitrogen and oxygen atoms in total. The van der Waals surface area contributed by atoms with Gasteiger partial charge in [-0.1, -0.05) is 41.8 Å². The summed E-state index contributed by atoms with van der Waals surface area (Å²) >= 11 is 3.45. The van der Waals surface area contributed by atoms with Crippen LogP contribution in [0, 0.1) is 23.2 Å². The molecule has 0 aliphatic heterocycles. The Labute approximate surface area is 123 Å². The van der Waals surface area contributed by atoms with Crippen LogP contribution in [0.15, 0.2) is 28.7 Å². The van der Waals surface area contributed by atoms with Crippen molar-refractivity contribution < 1.29 is 4.74 Å². The number of hydrogen-bond donors (Lipinski definition) is 0. The lowest BCUT2D eigenvalue weighted by Gasteiger charge is -2.33. The van der Waals surface area contributed by atoms with E-state index in [2.05, 4.69) is 28.9 Å². The quantitative estimate of drug-likeness (QED) is 0.787. The summed E-state index contributed by atoms with van der Waals surface area (Å²) in [6.45, 7) is 2.22. The highest BCUT2D eigenvalue weighted by molar-refractivity contribution is 9.10. The number of halogens is 1. The maximum absolute atomic E-state index is 9.27. The molecule has 1 aromatic carbocycles. The summed E-state index contributed by atoms with van der Waals surface area (Å²) in [5, 5.41) is 9.27. The molecular weight excluding hydrogens is 302 g/mol. The van der Waals surface area contributed by atoms with Crippen LogP contribution in [0.3, 0.4) is 0 Å². The van der Waals surface area contributed by atoms with E-state index in [0.29, 0.717) is 5.92 Å². The lowest BCUT2D eigenvalue weighted by Crippen LogP contribution is -2.33. The number of ether oxygens (including phenoxy) is 1. The number of hydrogen-bond acceptors (Lipinski definition) is 2. The van der Waals surface area contributed by atoms with E-state index in [0.717, 1.165) is 23.1 Å². The van der Waals surface area contributed by atoms with Crippen LogP contribution in [0.1, 0.15) is 39.0 Å². The Bertz CT molecular complexity index is 454. The third kappa shape index (κ3) is 3.98. The first-order valence-corrected chi connectivity index (χ1v) is 7.84. The van der Waals surface area contributed by atoms with Gasteiger partial charge in [0.05, 0.1) is 12.0 Å². The number of nitrogens with zero attached hydrogens (tertiary/aromatic N) is 1. The van der Waals surface area contributed by atoms with Crippen molar-refractivity contribution in [1.82, 2.24) is 0 Å². The van der Waals surface area contributed by atoms with Gasteiger partial charge in [0.1, 0.15) is 11.9 Å². The van der Waals surface area contributed by atoms with E-state index in [1.807, 2.05) is 24.3 Å². The van der Waals surface area contributed by atoms with Crippen molar-refractivity contribution in [3.05, 3.63) is 28.7 Å². The standard InChI is InChI=1S/C16H20BrNO/c1-2-4-12-7-8-13(11-18)16(9-12)19-15-6-3-5-14(17)10-15/h3,5-6,10,12-13,16H,2,4,7-9H2,1H3. The molecule has 102 valence electrons. The van der Waals surface area contributed by atoms with Crippen molar-refractivity contribution in [3.8, 4) is 11.8 Å². The molecule has 3 unspecified atom stereocenters. The van der Waals surface area contributed by atoms with Crippen molar-refractivity contribution in [1.29, 1.82) is 5.26 Å². The van der Waals surface area contributed by atoms with Gasteiger partial charge in [-0.25, -0.2) is 0 Å². The first-order valence-electron chi connectivity index (χ1n) is 7.04. The third-order valence-corrected chi connectivity index (χ3v) is 4.34. The maximum Gasteiger partial charge on any atom is 0.120 e. The van der Waals surface area contributed by atoms with Gasteiger partial charge < -0.3 is 4.74 Å². The minimum atomic E-state index is 0.0343. The van der Waals surface area contributed by atoms with Gasteiger partial charge in [-0.15, -0.1) is 0 Å². The fraction of sp³-hybridized carbons (Fsp3) is 0.562. The van der Waals surface area contributed by atoms with Crippen LogP contribution in [-0.4, -0.2) is 6.10 Å². The predicted molar refractivity (Wildman–Crippen MR) is 79.9 cm³/mol. The highest BCUT2D eigenvalue weighted by Gasteiger charge is 2.31. The van der Waals surface area contributed by atoms with Crippen LogP contribution in [-0.2, 0) is 0 Å². The number of rotatable bonds is 4. The van der Waals surface area contributed by atoms with Gasteiger partial charge in [0.25, 0.3) is 0 Å². The molecular formula is C16H20BrNO. The molecule has 1 aliphatic carbocycles. The second kappa shape index (κ2) is 6.96. The monoisotopic (exact) mass is 321 g/mol. The first-order chi connectivity index (χ1) is 9.22. The number of benzene rings is 1.